The van der Waals surface area contributed by atoms with Gasteiger partial charge in [-0.15, -0.1) is 20.2 Å². The molecular formula is C38H45N7O17S. The van der Waals surface area contributed by atoms with Gasteiger partial charge in [-0.1, -0.05) is 45.0 Å². The Morgan fingerprint density at radius 2 is 1.25 bits per heavy atom. The Labute approximate surface area is 360 Å². The van der Waals surface area contributed by atoms with Gasteiger partial charge in [-0.25, -0.2) is 37.3 Å². The monoisotopic (exact) mass is 903 g/mol. The molecule has 0 spiro atoms. The highest BCUT2D eigenvalue weighted by Crippen LogP contribution is 2.43. The molecule has 0 unspecified atom stereocenters. The summed E-state index contributed by atoms with van der Waals surface area (Å²) in [4.78, 5) is 71.5. The topological polar surface area (TPSA) is 292 Å². The lowest BCUT2D eigenvalue weighted by molar-refractivity contribution is -0.757. The molecule has 0 N–H and O–H groups in total. The predicted octanol–water partition coefficient (Wildman–Crippen LogP) is 5.85. The zero-order valence-corrected chi connectivity index (χ0v) is 35.4. The summed E-state index contributed by atoms with van der Waals surface area (Å²) in [5.41, 5.74) is 0.464. The first-order valence-corrected chi connectivity index (χ1v) is 20.4. The van der Waals surface area contributed by atoms with Crippen LogP contribution in [-0.2, 0) is 44.1 Å². The molecule has 2 aromatic heterocycles. The van der Waals surface area contributed by atoms with Gasteiger partial charge in [0.15, 0.2) is 29.9 Å². The van der Waals surface area contributed by atoms with Crippen molar-refractivity contribution in [1.82, 2.24) is 19.9 Å². The predicted molar refractivity (Wildman–Crippen MR) is 215 cm³/mol. The van der Waals surface area contributed by atoms with E-state index in [1.54, 1.807) is 30.3 Å². The molecule has 24 nitrogen and oxygen atoms in total. The summed E-state index contributed by atoms with van der Waals surface area (Å²) in [5.74, 6) is -1.55. The van der Waals surface area contributed by atoms with E-state index in [0.29, 0.717) is 4.31 Å². The second kappa shape index (κ2) is 23.6. The van der Waals surface area contributed by atoms with Crippen LogP contribution < -0.4 is 18.5 Å². The average molecular weight is 904 g/mol. The third kappa shape index (κ3) is 15.3. The van der Waals surface area contributed by atoms with Crippen molar-refractivity contribution in [3.8, 4) is 34.8 Å². The van der Waals surface area contributed by atoms with Crippen LogP contribution in [0.25, 0.3) is 11.6 Å². The smallest absolute Gasteiger partial charge is 0.493 e. The Balaban J connectivity index is 1.76. The van der Waals surface area contributed by atoms with Crippen molar-refractivity contribution < 1.29 is 71.0 Å². The fourth-order valence-electron chi connectivity index (χ4n) is 5.06. The van der Waals surface area contributed by atoms with Gasteiger partial charge in [0, 0.05) is 12.4 Å². The van der Waals surface area contributed by atoms with Crippen LogP contribution in [0.2, 0.25) is 0 Å². The first-order valence-electron chi connectivity index (χ1n) is 19.0. The van der Waals surface area contributed by atoms with Gasteiger partial charge in [-0.2, -0.15) is 4.98 Å². The number of methoxy groups -OCH3 is 1. The van der Waals surface area contributed by atoms with Crippen LogP contribution in [0.5, 0.6) is 23.1 Å². The fraction of sp³-hybridized carbons (Fsp3) is 0.421. The number of nitrogens with zero attached hydrogens (tertiary/aromatic N) is 7. The summed E-state index contributed by atoms with van der Waals surface area (Å²) in [5, 5.41) is 18.9. The summed E-state index contributed by atoms with van der Waals surface area (Å²) in [6.07, 6.45) is 1.18. The number of sulfonamides is 1. The van der Waals surface area contributed by atoms with Crippen LogP contribution in [0.1, 0.15) is 52.0 Å². The summed E-state index contributed by atoms with van der Waals surface area (Å²) in [6, 6.07) is 13.8. The van der Waals surface area contributed by atoms with E-state index in [9.17, 15) is 38.2 Å². The van der Waals surface area contributed by atoms with Gasteiger partial charge >= 0.3 is 12.3 Å². The summed E-state index contributed by atoms with van der Waals surface area (Å²) < 4.78 is 68.5. The normalized spacial score (nSPS) is 11.1. The first kappa shape index (κ1) is 48.4. The number of rotatable bonds is 25. The molecule has 2 aromatic carbocycles. The van der Waals surface area contributed by atoms with E-state index < -0.39 is 69.9 Å². The van der Waals surface area contributed by atoms with E-state index >= 15 is 0 Å². The van der Waals surface area contributed by atoms with E-state index in [0.717, 1.165) is 5.56 Å². The fourth-order valence-corrected chi connectivity index (χ4v) is 6.33. The largest absolute Gasteiger partial charge is 0.510 e. The van der Waals surface area contributed by atoms with Crippen LogP contribution in [0, 0.1) is 20.2 Å². The number of anilines is 1. The third-order valence-electron chi connectivity index (χ3n) is 8.16. The van der Waals surface area contributed by atoms with Gasteiger partial charge in [0.25, 0.3) is 26.1 Å². The molecule has 0 amide bonds. The molecule has 0 radical (unpaired) electrons. The highest BCUT2D eigenvalue weighted by atomic mass is 32.2. The van der Waals surface area contributed by atoms with Crippen molar-refractivity contribution in [1.29, 1.82) is 0 Å². The Kier molecular flexibility index (Phi) is 18.1. The van der Waals surface area contributed by atoms with Crippen molar-refractivity contribution in [3.63, 3.8) is 0 Å². The van der Waals surface area contributed by atoms with Gasteiger partial charge in [0.1, 0.15) is 13.2 Å². The maximum atomic E-state index is 14.8. The van der Waals surface area contributed by atoms with E-state index in [2.05, 4.69) is 29.6 Å². The average Bonchev–Trinajstić information content (AvgIpc) is 3.25. The van der Waals surface area contributed by atoms with Gasteiger partial charge in [0.05, 0.1) is 38.4 Å². The number of aromatic nitrogens is 4. The van der Waals surface area contributed by atoms with E-state index in [1.165, 1.54) is 43.8 Å². The Morgan fingerprint density at radius 1 is 0.698 bits per heavy atom. The number of hydrogen-bond donors (Lipinski definition) is 0. The molecule has 0 aliphatic heterocycles. The van der Waals surface area contributed by atoms with E-state index in [4.69, 9.17) is 33.2 Å². The van der Waals surface area contributed by atoms with Crippen LogP contribution in [-0.4, -0.2) is 104 Å². The van der Waals surface area contributed by atoms with Gasteiger partial charge in [-0.3, -0.25) is 0 Å². The highest BCUT2D eigenvalue weighted by Gasteiger charge is 2.35. The second-order valence-electron chi connectivity index (χ2n) is 13.7. The first-order chi connectivity index (χ1) is 30.1. The van der Waals surface area contributed by atoms with E-state index in [-0.39, 0.29) is 85.6 Å². The molecular weight excluding hydrogens is 859 g/mol. The van der Waals surface area contributed by atoms with E-state index in [1.807, 2.05) is 20.8 Å². The Morgan fingerprint density at radius 3 is 1.83 bits per heavy atom. The number of carbonyl (C=O) groups is 2. The molecule has 63 heavy (non-hydrogen) atoms. The molecule has 0 saturated carbocycles. The quantitative estimate of drug-likeness (QED) is 0.0248. The molecule has 0 aliphatic rings. The number of hydrogen-bond acceptors (Lipinski definition) is 21. The second-order valence-corrected chi connectivity index (χ2v) is 15.5. The maximum absolute atomic E-state index is 14.8. The maximum Gasteiger partial charge on any atom is 0.510 e. The molecule has 0 fully saturated rings. The SMILES string of the molecule is COc1ccccc1Oc1c(OCCOC(=O)OCCCCO[N+](=O)[O-])nc(-c2ncccn2)nc1N(COC(=O)OCCCCO[N+](=O)[O-])S(=O)(=O)c1ccc(C(C)(C)C)cc1. The summed E-state index contributed by atoms with van der Waals surface area (Å²) >= 11 is 0. The van der Waals surface area contributed by atoms with Crippen molar-refractivity contribution in [3.05, 3.63) is 92.8 Å². The van der Waals surface area contributed by atoms with Crippen molar-refractivity contribution in [2.75, 3.05) is 57.8 Å². The number of ether oxygens (including phenoxy) is 7. The van der Waals surface area contributed by atoms with Crippen molar-refractivity contribution >= 4 is 28.2 Å². The molecule has 2 heterocycles. The van der Waals surface area contributed by atoms with Gasteiger partial charge in [0.2, 0.25) is 11.6 Å². The van der Waals surface area contributed by atoms with Gasteiger partial charge < -0.3 is 42.8 Å². The molecule has 340 valence electrons. The van der Waals surface area contributed by atoms with Crippen LogP contribution in [0.15, 0.2) is 71.9 Å². The zero-order valence-electron chi connectivity index (χ0n) is 34.6. The van der Waals surface area contributed by atoms with Crippen LogP contribution in [0.4, 0.5) is 15.4 Å². The number of para-hydroxylation sites is 2. The van der Waals surface area contributed by atoms with Gasteiger partial charge in [-0.05, 0) is 67.0 Å². The summed E-state index contributed by atoms with van der Waals surface area (Å²) in [7, 11) is -3.39. The lowest BCUT2D eigenvalue weighted by Gasteiger charge is -2.26. The Bertz CT molecular complexity index is 2250. The Hall–Kier alpha value is -7.31. The third-order valence-corrected chi connectivity index (χ3v) is 9.89. The molecule has 0 aliphatic carbocycles. The molecule has 25 heteroatoms. The van der Waals surface area contributed by atoms with Crippen molar-refractivity contribution in [2.45, 2.75) is 56.8 Å². The molecule has 4 aromatic rings. The number of carbonyl (C=O) groups excluding carboxylic acids is 2. The minimum absolute atomic E-state index is 0.0371. The van der Waals surface area contributed by atoms with Crippen LogP contribution in [0.3, 0.4) is 0 Å². The molecule has 4 rings (SSSR count). The standard InChI is InChI=1S/C38H45N7O17S/c1-38(2,3)27-14-16-28(17-15-27)63(52,53)43(26-59-37(47)57-21-8-10-23-61-45(50)51)34-31(62-30-13-6-5-12-29(30)54-4)35(42-33(41-34)32-39-18-11-19-40-32)55-24-25-58-36(46)56-20-7-9-22-60-44(48)49/h5-6,11-19H,7-10,20-26H2,1-4H3. The lowest BCUT2D eigenvalue weighted by atomic mass is 9.87. The zero-order chi connectivity index (χ0) is 45.8. The molecule has 0 bridgehead atoms. The minimum Gasteiger partial charge on any atom is -0.493 e. The molecule has 0 atom stereocenters. The van der Waals surface area contributed by atoms with Crippen LogP contribution >= 0.6 is 0 Å². The molecule has 0 saturated heterocycles. The minimum atomic E-state index is -4.76. The number of unbranched alkanes of at least 4 members (excludes halogenated alkanes) is 2. The summed E-state index contributed by atoms with van der Waals surface area (Å²) in [6.45, 7) is 3.14. The van der Waals surface area contributed by atoms with Crippen molar-refractivity contribution in [2.24, 2.45) is 0 Å². The lowest BCUT2D eigenvalue weighted by Crippen LogP contribution is -2.36. The number of benzene rings is 2. The highest BCUT2D eigenvalue weighted by molar-refractivity contribution is 7.92.